The Kier molecular flexibility index (Phi) is 4.78. The highest BCUT2D eigenvalue weighted by atomic mass is 35.5. The molecule has 0 radical (unpaired) electrons. The van der Waals surface area contributed by atoms with Gasteiger partial charge in [0.25, 0.3) is 0 Å². The van der Waals surface area contributed by atoms with Crippen molar-refractivity contribution in [2.24, 2.45) is 5.92 Å². The summed E-state index contributed by atoms with van der Waals surface area (Å²) < 4.78 is 26.8. The van der Waals surface area contributed by atoms with Crippen LogP contribution in [0, 0.1) is 5.92 Å². The molecular weight excluding hydrogens is 286 g/mol. The minimum atomic E-state index is -3.49. The lowest BCUT2D eigenvalue weighted by atomic mass is 9.99. The highest BCUT2D eigenvalue weighted by Gasteiger charge is 2.20. The predicted molar refractivity (Wildman–Crippen MR) is 74.7 cm³/mol. The van der Waals surface area contributed by atoms with Crippen LogP contribution in [0.2, 0.25) is 5.15 Å². The maximum Gasteiger partial charge on any atom is 0.240 e. The van der Waals surface area contributed by atoms with Gasteiger partial charge in [0.05, 0.1) is 4.90 Å². The largest absolute Gasteiger partial charge is 0.306 e. The van der Waals surface area contributed by atoms with Gasteiger partial charge in [0.15, 0.2) is 0 Å². The van der Waals surface area contributed by atoms with E-state index in [0.717, 1.165) is 25.9 Å². The molecule has 1 aromatic heterocycles. The number of likely N-dealkylation sites (tertiary alicyclic amines) is 1. The van der Waals surface area contributed by atoms with Crippen LogP contribution in [0.25, 0.3) is 0 Å². The fourth-order valence-electron chi connectivity index (χ4n) is 2.30. The molecule has 0 bridgehead atoms. The van der Waals surface area contributed by atoms with Crippen LogP contribution in [0.4, 0.5) is 0 Å². The van der Waals surface area contributed by atoms with Gasteiger partial charge in [0.1, 0.15) is 5.15 Å². The monoisotopic (exact) mass is 303 g/mol. The van der Waals surface area contributed by atoms with Crippen LogP contribution in [0.1, 0.15) is 12.8 Å². The molecule has 1 atom stereocenters. The Morgan fingerprint density at radius 1 is 1.58 bits per heavy atom. The minimum absolute atomic E-state index is 0.164. The van der Waals surface area contributed by atoms with Gasteiger partial charge in [-0.3, -0.25) is 0 Å². The van der Waals surface area contributed by atoms with E-state index in [0.29, 0.717) is 12.5 Å². The smallest absolute Gasteiger partial charge is 0.240 e. The summed E-state index contributed by atoms with van der Waals surface area (Å²) in [5, 5.41) is 0.181. The van der Waals surface area contributed by atoms with Crippen molar-refractivity contribution >= 4 is 21.6 Å². The van der Waals surface area contributed by atoms with Crippen molar-refractivity contribution in [3.05, 3.63) is 23.5 Å². The molecule has 106 valence electrons. The molecule has 1 unspecified atom stereocenters. The fraction of sp³-hybridized carbons (Fsp3) is 0.583. The van der Waals surface area contributed by atoms with Gasteiger partial charge in [-0.25, -0.2) is 18.1 Å². The lowest BCUT2D eigenvalue weighted by Crippen LogP contribution is -2.39. The van der Waals surface area contributed by atoms with E-state index in [1.165, 1.54) is 18.3 Å². The molecule has 5 nitrogen and oxygen atoms in total. The maximum absolute atomic E-state index is 12.1. The Morgan fingerprint density at radius 2 is 2.37 bits per heavy atom. The third-order valence-corrected chi connectivity index (χ3v) is 4.92. The van der Waals surface area contributed by atoms with Crippen LogP contribution >= 0.6 is 11.6 Å². The van der Waals surface area contributed by atoms with Gasteiger partial charge in [-0.2, -0.15) is 0 Å². The quantitative estimate of drug-likeness (QED) is 0.853. The molecule has 1 N–H and O–H groups in total. The molecule has 0 amide bonds. The molecular formula is C12H18ClN3O2S. The predicted octanol–water partition coefficient (Wildman–Crippen LogP) is 1.36. The van der Waals surface area contributed by atoms with E-state index in [2.05, 4.69) is 21.7 Å². The number of sulfonamides is 1. The van der Waals surface area contributed by atoms with Gasteiger partial charge < -0.3 is 4.90 Å². The molecule has 0 spiro atoms. The number of hydrogen-bond donors (Lipinski definition) is 1. The molecule has 0 aliphatic carbocycles. The zero-order valence-electron chi connectivity index (χ0n) is 10.8. The average Bonchev–Trinajstić information content (AvgIpc) is 2.37. The van der Waals surface area contributed by atoms with Gasteiger partial charge in [0.2, 0.25) is 10.0 Å². The Balaban J connectivity index is 1.98. The molecule has 1 aliphatic rings. The van der Waals surface area contributed by atoms with Gasteiger partial charge in [-0.1, -0.05) is 11.6 Å². The summed E-state index contributed by atoms with van der Waals surface area (Å²) in [6, 6.07) is 2.80. The number of nitrogens with one attached hydrogen (secondary N) is 1. The lowest BCUT2D eigenvalue weighted by molar-refractivity contribution is 0.211. The zero-order valence-corrected chi connectivity index (χ0v) is 12.4. The number of piperidine rings is 1. The fourth-order valence-corrected chi connectivity index (χ4v) is 3.67. The second-order valence-corrected chi connectivity index (χ2v) is 7.09. The normalized spacial score (nSPS) is 21.5. The number of hydrogen-bond acceptors (Lipinski definition) is 4. The number of rotatable bonds is 4. The first-order valence-corrected chi connectivity index (χ1v) is 8.13. The molecule has 1 fully saturated rings. The van der Waals surface area contributed by atoms with E-state index in [-0.39, 0.29) is 10.0 Å². The first-order chi connectivity index (χ1) is 8.97. The summed E-state index contributed by atoms with van der Waals surface area (Å²) in [7, 11) is -1.43. The molecule has 7 heteroatoms. The summed E-state index contributed by atoms with van der Waals surface area (Å²) in [4.78, 5) is 6.17. The van der Waals surface area contributed by atoms with Crippen LogP contribution < -0.4 is 4.72 Å². The van der Waals surface area contributed by atoms with Crippen LogP contribution in [0.15, 0.2) is 23.2 Å². The second kappa shape index (κ2) is 6.17. The third kappa shape index (κ3) is 4.14. The van der Waals surface area contributed by atoms with Crippen molar-refractivity contribution in [2.75, 3.05) is 26.7 Å². The van der Waals surface area contributed by atoms with Crippen LogP contribution in [-0.4, -0.2) is 45.0 Å². The molecule has 2 rings (SSSR count). The van der Waals surface area contributed by atoms with Crippen molar-refractivity contribution in [1.29, 1.82) is 0 Å². The average molecular weight is 304 g/mol. The Morgan fingerprint density at radius 3 is 3.05 bits per heavy atom. The molecule has 1 saturated heterocycles. The zero-order chi connectivity index (χ0) is 13.9. The standard InChI is InChI=1S/C12H18ClN3O2S/c1-16-6-2-3-10(9-16)8-15-19(17,18)11-4-5-14-12(13)7-11/h4-5,7,10,15H,2-3,6,8-9H2,1H3. The van der Waals surface area contributed by atoms with Crippen LogP contribution in [0.5, 0.6) is 0 Å². The summed E-state index contributed by atoms with van der Waals surface area (Å²) >= 11 is 5.71. The molecule has 2 heterocycles. The van der Waals surface area contributed by atoms with Gasteiger partial charge >= 0.3 is 0 Å². The topological polar surface area (TPSA) is 62.3 Å². The maximum atomic E-state index is 12.1. The SMILES string of the molecule is CN1CCCC(CNS(=O)(=O)c2ccnc(Cl)c2)C1. The van der Waals surface area contributed by atoms with Gasteiger partial charge in [-0.15, -0.1) is 0 Å². The van der Waals surface area contributed by atoms with Crippen molar-refractivity contribution in [3.8, 4) is 0 Å². The van der Waals surface area contributed by atoms with E-state index >= 15 is 0 Å². The summed E-state index contributed by atoms with van der Waals surface area (Å²) in [5.74, 6) is 0.367. The minimum Gasteiger partial charge on any atom is -0.306 e. The van der Waals surface area contributed by atoms with E-state index in [4.69, 9.17) is 11.6 Å². The number of halogens is 1. The van der Waals surface area contributed by atoms with Crippen molar-refractivity contribution in [2.45, 2.75) is 17.7 Å². The van der Waals surface area contributed by atoms with E-state index < -0.39 is 10.0 Å². The molecule has 19 heavy (non-hydrogen) atoms. The van der Waals surface area contributed by atoms with Gasteiger partial charge in [-0.05, 0) is 44.5 Å². The lowest BCUT2D eigenvalue weighted by Gasteiger charge is -2.29. The first-order valence-electron chi connectivity index (χ1n) is 6.27. The number of aromatic nitrogens is 1. The van der Waals surface area contributed by atoms with E-state index in [1.54, 1.807) is 0 Å². The molecule has 1 aromatic rings. The van der Waals surface area contributed by atoms with Gasteiger partial charge in [0, 0.05) is 19.3 Å². The molecule has 0 aromatic carbocycles. The molecule has 0 saturated carbocycles. The number of nitrogens with zero attached hydrogens (tertiary/aromatic N) is 2. The summed E-state index contributed by atoms with van der Waals surface area (Å²) in [6.07, 6.45) is 3.57. The highest BCUT2D eigenvalue weighted by Crippen LogP contribution is 2.16. The summed E-state index contributed by atoms with van der Waals surface area (Å²) in [5.41, 5.74) is 0. The van der Waals surface area contributed by atoms with E-state index in [9.17, 15) is 8.42 Å². The van der Waals surface area contributed by atoms with Crippen molar-refractivity contribution < 1.29 is 8.42 Å². The first kappa shape index (κ1) is 14.7. The van der Waals surface area contributed by atoms with Crippen molar-refractivity contribution in [1.82, 2.24) is 14.6 Å². The second-order valence-electron chi connectivity index (χ2n) is 4.94. The Hall–Kier alpha value is -0.690. The van der Waals surface area contributed by atoms with Crippen LogP contribution in [-0.2, 0) is 10.0 Å². The number of pyridine rings is 1. The summed E-state index contributed by atoms with van der Waals surface area (Å²) in [6.45, 7) is 2.48. The van der Waals surface area contributed by atoms with Crippen molar-refractivity contribution in [3.63, 3.8) is 0 Å². The van der Waals surface area contributed by atoms with Crippen LogP contribution in [0.3, 0.4) is 0 Å². The highest BCUT2D eigenvalue weighted by molar-refractivity contribution is 7.89. The van der Waals surface area contributed by atoms with E-state index in [1.807, 2.05) is 0 Å². The Bertz CT molecular complexity index is 536. The third-order valence-electron chi connectivity index (χ3n) is 3.29. The Labute approximate surface area is 119 Å². The molecule has 1 aliphatic heterocycles.